The number of unbranched alkanes of at least 4 members (excludes halogenated alkanes) is 1. The van der Waals surface area contributed by atoms with Crippen LogP contribution in [0.15, 0.2) is 66.7 Å². The summed E-state index contributed by atoms with van der Waals surface area (Å²) in [4.78, 5) is 0. The van der Waals surface area contributed by atoms with Gasteiger partial charge in [-0.25, -0.2) is 8.78 Å². The lowest BCUT2D eigenvalue weighted by molar-refractivity contribution is 0.143. The zero-order valence-electron chi connectivity index (χ0n) is 15.6. The first-order valence-corrected chi connectivity index (χ1v) is 9.41. The molecule has 3 heteroatoms. The van der Waals surface area contributed by atoms with E-state index in [1.54, 1.807) is 12.1 Å². The van der Waals surface area contributed by atoms with Crippen molar-refractivity contribution in [2.24, 2.45) is 0 Å². The van der Waals surface area contributed by atoms with Gasteiger partial charge in [-0.05, 0) is 54.5 Å². The number of aryl methyl sites for hydroxylation is 1. The number of halogens is 2. The van der Waals surface area contributed by atoms with Crippen molar-refractivity contribution < 1.29 is 13.5 Å². The molecule has 0 aliphatic rings. The van der Waals surface area contributed by atoms with Gasteiger partial charge >= 0.3 is 0 Å². The minimum atomic E-state index is -0.828. The van der Waals surface area contributed by atoms with Gasteiger partial charge in [-0.2, -0.15) is 0 Å². The third-order valence-electron chi connectivity index (χ3n) is 4.62. The van der Waals surface area contributed by atoms with Crippen molar-refractivity contribution in [1.29, 1.82) is 0 Å². The first-order chi connectivity index (χ1) is 13.2. The van der Waals surface area contributed by atoms with Gasteiger partial charge in [0.25, 0.3) is 0 Å². The minimum absolute atomic E-state index is 0.285. The van der Waals surface area contributed by atoms with E-state index in [4.69, 9.17) is 4.74 Å². The van der Waals surface area contributed by atoms with Crippen LogP contribution >= 0.6 is 0 Å². The van der Waals surface area contributed by atoms with Crippen molar-refractivity contribution in [2.75, 3.05) is 13.2 Å². The Balaban J connectivity index is 1.87. The van der Waals surface area contributed by atoms with E-state index >= 15 is 0 Å². The van der Waals surface area contributed by atoms with Crippen LogP contribution in [-0.2, 0) is 11.2 Å². The zero-order chi connectivity index (χ0) is 19.1. The Morgan fingerprint density at radius 3 is 2.33 bits per heavy atom. The average Bonchev–Trinajstić information content (AvgIpc) is 2.70. The molecule has 0 atom stereocenters. The molecule has 27 heavy (non-hydrogen) atoms. The van der Waals surface area contributed by atoms with Crippen molar-refractivity contribution in [3.8, 4) is 22.3 Å². The fourth-order valence-corrected chi connectivity index (χ4v) is 3.25. The molecule has 0 spiro atoms. The molecule has 0 aliphatic heterocycles. The first-order valence-electron chi connectivity index (χ1n) is 9.41. The quantitative estimate of drug-likeness (QED) is 0.405. The predicted octanol–water partition coefficient (Wildman–Crippen LogP) is 6.66. The van der Waals surface area contributed by atoms with E-state index in [1.165, 1.54) is 5.56 Å². The van der Waals surface area contributed by atoms with Crippen LogP contribution in [0.3, 0.4) is 0 Å². The molecule has 3 aromatic rings. The minimum Gasteiger partial charge on any atom is -0.382 e. The standard InChI is InChI=1S/C24H24F2O/c1-2-27-16-6-5-9-18-10-7-11-19(17-18)20-12-3-4-13-21(20)22-14-8-15-23(25)24(22)26/h3-4,7-8,10-15,17H,2,5-6,9,16H2,1H3. The van der Waals surface area contributed by atoms with Crippen LogP contribution in [0.5, 0.6) is 0 Å². The molecule has 140 valence electrons. The van der Waals surface area contributed by atoms with Gasteiger partial charge in [0.2, 0.25) is 0 Å². The number of ether oxygens (including phenoxy) is 1. The van der Waals surface area contributed by atoms with Gasteiger partial charge in [0.05, 0.1) is 0 Å². The second kappa shape index (κ2) is 9.43. The second-order valence-electron chi connectivity index (χ2n) is 6.50. The van der Waals surface area contributed by atoms with Crippen LogP contribution in [0.4, 0.5) is 8.78 Å². The van der Waals surface area contributed by atoms with Crippen molar-refractivity contribution in [2.45, 2.75) is 26.2 Å². The van der Waals surface area contributed by atoms with Crippen molar-refractivity contribution in [1.82, 2.24) is 0 Å². The number of hydrogen-bond donors (Lipinski definition) is 0. The lowest BCUT2D eigenvalue weighted by atomic mass is 9.93. The summed E-state index contributed by atoms with van der Waals surface area (Å²) in [6, 6.07) is 20.1. The molecule has 0 aliphatic carbocycles. The van der Waals surface area contributed by atoms with E-state index in [-0.39, 0.29) is 5.56 Å². The summed E-state index contributed by atoms with van der Waals surface area (Å²) < 4.78 is 33.4. The Labute approximate surface area is 159 Å². The lowest BCUT2D eigenvalue weighted by Gasteiger charge is -2.12. The highest BCUT2D eigenvalue weighted by Crippen LogP contribution is 2.34. The van der Waals surface area contributed by atoms with E-state index in [0.29, 0.717) is 5.56 Å². The molecular weight excluding hydrogens is 342 g/mol. The molecule has 0 unspecified atom stereocenters. The topological polar surface area (TPSA) is 9.23 Å². The van der Waals surface area contributed by atoms with E-state index in [2.05, 4.69) is 12.1 Å². The number of benzene rings is 3. The summed E-state index contributed by atoms with van der Waals surface area (Å²) in [5, 5.41) is 0. The largest absolute Gasteiger partial charge is 0.382 e. The third kappa shape index (κ3) is 4.81. The van der Waals surface area contributed by atoms with Crippen LogP contribution in [0.1, 0.15) is 25.3 Å². The highest BCUT2D eigenvalue weighted by molar-refractivity contribution is 5.83. The van der Waals surface area contributed by atoms with E-state index in [9.17, 15) is 8.78 Å². The van der Waals surface area contributed by atoms with Crippen LogP contribution in [-0.4, -0.2) is 13.2 Å². The van der Waals surface area contributed by atoms with E-state index in [1.807, 2.05) is 43.3 Å². The first kappa shape index (κ1) is 19.2. The van der Waals surface area contributed by atoms with Crippen LogP contribution < -0.4 is 0 Å². The monoisotopic (exact) mass is 366 g/mol. The summed E-state index contributed by atoms with van der Waals surface area (Å²) in [6.07, 6.45) is 3.06. The van der Waals surface area contributed by atoms with E-state index < -0.39 is 11.6 Å². The molecule has 0 bridgehead atoms. The Bertz CT molecular complexity index is 889. The smallest absolute Gasteiger partial charge is 0.166 e. The maximum atomic E-state index is 14.3. The molecule has 0 saturated carbocycles. The summed E-state index contributed by atoms with van der Waals surface area (Å²) in [6.45, 7) is 3.54. The van der Waals surface area contributed by atoms with Gasteiger partial charge in [-0.1, -0.05) is 60.7 Å². The van der Waals surface area contributed by atoms with Crippen molar-refractivity contribution >= 4 is 0 Å². The predicted molar refractivity (Wildman–Crippen MR) is 107 cm³/mol. The molecular formula is C24H24F2O. The number of hydrogen-bond acceptors (Lipinski definition) is 1. The summed E-state index contributed by atoms with van der Waals surface area (Å²) >= 11 is 0. The van der Waals surface area contributed by atoms with Crippen LogP contribution in [0.2, 0.25) is 0 Å². The van der Waals surface area contributed by atoms with Gasteiger partial charge < -0.3 is 4.74 Å². The Morgan fingerprint density at radius 2 is 1.52 bits per heavy atom. The molecule has 0 saturated heterocycles. The van der Waals surface area contributed by atoms with Gasteiger partial charge in [0.15, 0.2) is 11.6 Å². The molecule has 0 N–H and O–H groups in total. The average molecular weight is 366 g/mol. The summed E-state index contributed by atoms with van der Waals surface area (Å²) in [7, 11) is 0. The van der Waals surface area contributed by atoms with Gasteiger partial charge in [0, 0.05) is 18.8 Å². The van der Waals surface area contributed by atoms with E-state index in [0.717, 1.165) is 49.7 Å². The van der Waals surface area contributed by atoms with Crippen LogP contribution in [0, 0.1) is 11.6 Å². The molecule has 0 amide bonds. The van der Waals surface area contributed by atoms with Gasteiger partial charge in [0.1, 0.15) is 0 Å². The molecule has 0 radical (unpaired) electrons. The van der Waals surface area contributed by atoms with Crippen molar-refractivity contribution in [3.63, 3.8) is 0 Å². The molecule has 3 aromatic carbocycles. The second-order valence-corrected chi connectivity index (χ2v) is 6.50. The fraction of sp³-hybridized carbons (Fsp3) is 0.250. The Hall–Kier alpha value is -2.52. The summed E-state index contributed by atoms with van der Waals surface area (Å²) in [5.41, 5.74) is 4.13. The third-order valence-corrected chi connectivity index (χ3v) is 4.62. The molecule has 0 heterocycles. The molecule has 0 fully saturated rings. The fourth-order valence-electron chi connectivity index (χ4n) is 3.25. The Kier molecular flexibility index (Phi) is 6.72. The van der Waals surface area contributed by atoms with Crippen molar-refractivity contribution in [3.05, 3.63) is 83.9 Å². The lowest BCUT2D eigenvalue weighted by Crippen LogP contribution is -1.95. The number of rotatable bonds is 8. The van der Waals surface area contributed by atoms with Crippen LogP contribution in [0.25, 0.3) is 22.3 Å². The van der Waals surface area contributed by atoms with Gasteiger partial charge in [-0.15, -0.1) is 0 Å². The highest BCUT2D eigenvalue weighted by atomic mass is 19.2. The zero-order valence-corrected chi connectivity index (χ0v) is 15.6. The molecule has 1 nitrogen and oxygen atoms in total. The molecule has 0 aromatic heterocycles. The highest BCUT2D eigenvalue weighted by Gasteiger charge is 2.14. The maximum Gasteiger partial charge on any atom is 0.166 e. The SMILES string of the molecule is CCOCCCCc1cccc(-c2ccccc2-c2cccc(F)c2F)c1. The summed E-state index contributed by atoms with van der Waals surface area (Å²) in [5.74, 6) is -1.64. The maximum absolute atomic E-state index is 14.3. The Morgan fingerprint density at radius 1 is 0.778 bits per heavy atom. The van der Waals surface area contributed by atoms with Gasteiger partial charge in [-0.3, -0.25) is 0 Å². The molecule has 3 rings (SSSR count). The normalized spacial score (nSPS) is 10.9.